The third kappa shape index (κ3) is 3.49. The molecule has 0 atom stereocenters. The van der Waals surface area contributed by atoms with E-state index in [-0.39, 0.29) is 10.9 Å². The van der Waals surface area contributed by atoms with Crippen molar-refractivity contribution in [3.8, 4) is 11.5 Å². The minimum absolute atomic E-state index is 0.0553. The summed E-state index contributed by atoms with van der Waals surface area (Å²) in [5.41, 5.74) is 0. The third-order valence-corrected chi connectivity index (χ3v) is 5.47. The molecule has 0 spiro atoms. The Morgan fingerprint density at radius 2 is 1.67 bits per heavy atom. The second-order valence-corrected chi connectivity index (χ2v) is 7.33. The van der Waals surface area contributed by atoms with Gasteiger partial charge in [-0.25, -0.2) is 13.1 Å². The Balaban J connectivity index is 1.80. The van der Waals surface area contributed by atoms with Gasteiger partial charge in [-0.3, -0.25) is 0 Å². The Bertz CT molecular complexity index is 594. The number of ether oxygens (including phenoxy) is 2. The molecule has 0 saturated heterocycles. The standard InChI is InChI=1S/C15H21NO4S/c17-21(18,16-12-5-2-1-3-6-12)13-7-8-14-15(11-13)20-10-4-9-19-14/h7-8,11-12,16H,1-6,9-10H2. The first kappa shape index (κ1) is 14.7. The fraction of sp³-hybridized carbons (Fsp3) is 0.600. The third-order valence-electron chi connectivity index (χ3n) is 3.96. The van der Waals surface area contributed by atoms with E-state index < -0.39 is 10.0 Å². The SMILES string of the molecule is O=S(=O)(NC1CCCCC1)c1ccc2c(c1)OCCCO2. The number of nitrogens with one attached hydrogen (secondary N) is 1. The van der Waals surface area contributed by atoms with E-state index >= 15 is 0 Å². The van der Waals surface area contributed by atoms with Gasteiger partial charge in [0.1, 0.15) is 0 Å². The summed E-state index contributed by atoms with van der Waals surface area (Å²) in [6.45, 7) is 1.14. The molecule has 0 amide bonds. The lowest BCUT2D eigenvalue weighted by molar-refractivity contribution is 0.297. The van der Waals surface area contributed by atoms with Gasteiger partial charge < -0.3 is 9.47 Å². The molecule has 0 aromatic heterocycles. The summed E-state index contributed by atoms with van der Waals surface area (Å²) in [5.74, 6) is 1.13. The molecule has 3 rings (SSSR count). The van der Waals surface area contributed by atoms with Crippen LogP contribution in [-0.4, -0.2) is 27.7 Å². The van der Waals surface area contributed by atoms with Gasteiger partial charge in [0.05, 0.1) is 18.1 Å². The van der Waals surface area contributed by atoms with E-state index in [0.29, 0.717) is 24.7 Å². The lowest BCUT2D eigenvalue weighted by atomic mass is 9.96. The van der Waals surface area contributed by atoms with Crippen LogP contribution in [0.4, 0.5) is 0 Å². The van der Waals surface area contributed by atoms with Crippen LogP contribution in [0.15, 0.2) is 23.1 Å². The highest BCUT2D eigenvalue weighted by Crippen LogP contribution is 2.32. The van der Waals surface area contributed by atoms with Gasteiger partial charge >= 0.3 is 0 Å². The fourth-order valence-corrected chi connectivity index (χ4v) is 4.14. The molecule has 5 nitrogen and oxygen atoms in total. The van der Waals surface area contributed by atoms with Crippen LogP contribution < -0.4 is 14.2 Å². The monoisotopic (exact) mass is 311 g/mol. The van der Waals surface area contributed by atoms with E-state index in [2.05, 4.69) is 4.72 Å². The van der Waals surface area contributed by atoms with Crippen molar-refractivity contribution >= 4 is 10.0 Å². The summed E-state index contributed by atoms with van der Waals surface area (Å²) in [6, 6.07) is 4.88. The molecule has 1 saturated carbocycles. The Morgan fingerprint density at radius 1 is 0.952 bits per heavy atom. The maximum atomic E-state index is 12.5. The number of sulfonamides is 1. The van der Waals surface area contributed by atoms with Gasteiger partial charge in [0.2, 0.25) is 10.0 Å². The van der Waals surface area contributed by atoms with E-state index in [1.54, 1.807) is 18.2 Å². The fourth-order valence-electron chi connectivity index (χ4n) is 2.82. The molecule has 1 N–H and O–H groups in total. The van der Waals surface area contributed by atoms with Crippen LogP contribution in [0.5, 0.6) is 11.5 Å². The first-order chi connectivity index (χ1) is 10.1. The predicted molar refractivity (Wildman–Crippen MR) is 79.2 cm³/mol. The molecule has 1 fully saturated rings. The quantitative estimate of drug-likeness (QED) is 0.931. The zero-order chi connectivity index (χ0) is 14.7. The minimum atomic E-state index is -3.49. The first-order valence-electron chi connectivity index (χ1n) is 7.57. The minimum Gasteiger partial charge on any atom is -0.490 e. The van der Waals surface area contributed by atoms with E-state index in [1.165, 1.54) is 6.42 Å². The first-order valence-corrected chi connectivity index (χ1v) is 9.05. The van der Waals surface area contributed by atoms with Crippen molar-refractivity contribution < 1.29 is 17.9 Å². The van der Waals surface area contributed by atoms with E-state index in [9.17, 15) is 8.42 Å². The van der Waals surface area contributed by atoms with Gasteiger partial charge in [-0.05, 0) is 25.0 Å². The second-order valence-electron chi connectivity index (χ2n) is 5.62. The molecule has 21 heavy (non-hydrogen) atoms. The number of hydrogen-bond donors (Lipinski definition) is 1. The smallest absolute Gasteiger partial charge is 0.240 e. The summed E-state index contributed by atoms with van der Waals surface area (Å²) in [7, 11) is -3.49. The lowest BCUT2D eigenvalue weighted by Gasteiger charge is -2.22. The summed E-state index contributed by atoms with van der Waals surface area (Å²) >= 11 is 0. The number of benzene rings is 1. The number of fused-ring (bicyclic) bond motifs is 1. The molecule has 1 aliphatic heterocycles. The van der Waals surface area contributed by atoms with Crippen molar-refractivity contribution in [3.05, 3.63) is 18.2 Å². The van der Waals surface area contributed by atoms with Gasteiger partial charge in [0.25, 0.3) is 0 Å². The molecule has 0 unspecified atom stereocenters. The summed E-state index contributed by atoms with van der Waals surface area (Å²) < 4.78 is 38.8. The average Bonchev–Trinajstić information content (AvgIpc) is 2.72. The van der Waals surface area contributed by atoms with Crippen LogP contribution in [0, 0.1) is 0 Å². The molecule has 1 aliphatic carbocycles. The normalized spacial score (nSPS) is 20.0. The van der Waals surface area contributed by atoms with Gasteiger partial charge in [-0.15, -0.1) is 0 Å². The van der Waals surface area contributed by atoms with Crippen molar-refractivity contribution in [1.29, 1.82) is 0 Å². The largest absolute Gasteiger partial charge is 0.490 e. The van der Waals surface area contributed by atoms with Crippen molar-refractivity contribution in [2.45, 2.75) is 49.5 Å². The molecule has 1 aromatic carbocycles. The summed E-state index contributed by atoms with van der Waals surface area (Å²) in [5, 5.41) is 0. The zero-order valence-electron chi connectivity index (χ0n) is 12.0. The molecule has 0 bridgehead atoms. The Labute approximate surface area is 125 Å². The van der Waals surface area contributed by atoms with Crippen LogP contribution >= 0.6 is 0 Å². The molecule has 1 aromatic rings. The molecule has 6 heteroatoms. The Morgan fingerprint density at radius 3 is 2.43 bits per heavy atom. The average molecular weight is 311 g/mol. The lowest BCUT2D eigenvalue weighted by Crippen LogP contribution is -2.36. The highest BCUT2D eigenvalue weighted by Gasteiger charge is 2.23. The van der Waals surface area contributed by atoms with Crippen molar-refractivity contribution in [2.75, 3.05) is 13.2 Å². The second kappa shape index (κ2) is 6.23. The zero-order valence-corrected chi connectivity index (χ0v) is 12.8. The Kier molecular flexibility index (Phi) is 4.35. The number of rotatable bonds is 3. The van der Waals surface area contributed by atoms with Crippen molar-refractivity contribution in [2.24, 2.45) is 0 Å². The van der Waals surface area contributed by atoms with Crippen LogP contribution in [0.1, 0.15) is 38.5 Å². The molecule has 1 heterocycles. The van der Waals surface area contributed by atoms with E-state index in [1.807, 2.05) is 0 Å². The van der Waals surface area contributed by atoms with Gasteiger partial charge in [-0.1, -0.05) is 19.3 Å². The van der Waals surface area contributed by atoms with Gasteiger partial charge in [-0.2, -0.15) is 0 Å². The molecule has 2 aliphatic rings. The molecule has 116 valence electrons. The number of hydrogen-bond acceptors (Lipinski definition) is 4. The Hall–Kier alpha value is -1.27. The van der Waals surface area contributed by atoms with Crippen molar-refractivity contribution in [3.63, 3.8) is 0 Å². The maximum Gasteiger partial charge on any atom is 0.240 e. The van der Waals surface area contributed by atoms with E-state index in [4.69, 9.17) is 9.47 Å². The topological polar surface area (TPSA) is 64.6 Å². The van der Waals surface area contributed by atoms with Gasteiger partial charge in [0.15, 0.2) is 11.5 Å². The molecular weight excluding hydrogens is 290 g/mol. The highest BCUT2D eigenvalue weighted by atomic mass is 32.2. The van der Waals surface area contributed by atoms with Crippen LogP contribution in [0.25, 0.3) is 0 Å². The van der Waals surface area contributed by atoms with Crippen LogP contribution in [0.2, 0.25) is 0 Å². The van der Waals surface area contributed by atoms with Crippen LogP contribution in [0.3, 0.4) is 0 Å². The summed E-state index contributed by atoms with van der Waals surface area (Å²) in [4.78, 5) is 0.248. The predicted octanol–water partition coefficient (Wildman–Crippen LogP) is 2.46. The van der Waals surface area contributed by atoms with E-state index in [0.717, 1.165) is 32.1 Å². The molecular formula is C15H21NO4S. The maximum absolute atomic E-state index is 12.5. The summed E-state index contributed by atoms with van der Waals surface area (Å²) in [6.07, 6.45) is 6.02. The van der Waals surface area contributed by atoms with Crippen LogP contribution in [-0.2, 0) is 10.0 Å². The van der Waals surface area contributed by atoms with Crippen molar-refractivity contribution in [1.82, 2.24) is 4.72 Å². The molecule has 0 radical (unpaired) electrons. The van der Waals surface area contributed by atoms with Gasteiger partial charge in [0, 0.05) is 18.5 Å². The highest BCUT2D eigenvalue weighted by molar-refractivity contribution is 7.89.